The molecule has 0 aromatic heterocycles. The standard InChI is InChI=1S/C14H28N4O2/c1-10(2)16-14(20)17-13(19)9-18(11(3)4)8-12-6-5-7-15-12/h10-12,15H,5-9H2,1-4H3,(H2,16,17,19,20). The number of hydrogen-bond acceptors (Lipinski definition) is 4. The summed E-state index contributed by atoms with van der Waals surface area (Å²) in [6, 6.07) is 0.324. The number of carbonyl (C=O) groups is 2. The predicted molar refractivity (Wildman–Crippen MR) is 79.5 cm³/mol. The van der Waals surface area contributed by atoms with Crippen LogP contribution in [-0.4, -0.2) is 54.6 Å². The van der Waals surface area contributed by atoms with Crippen LogP contribution in [0.25, 0.3) is 0 Å². The number of carbonyl (C=O) groups excluding carboxylic acids is 2. The molecular formula is C14H28N4O2. The average Bonchev–Trinajstić information content (AvgIpc) is 2.79. The first kappa shape index (κ1) is 16.9. The maximum Gasteiger partial charge on any atom is 0.321 e. The van der Waals surface area contributed by atoms with Crippen molar-refractivity contribution in [2.45, 2.75) is 58.7 Å². The van der Waals surface area contributed by atoms with E-state index in [1.54, 1.807) is 0 Å². The van der Waals surface area contributed by atoms with Gasteiger partial charge in [0, 0.05) is 24.7 Å². The summed E-state index contributed by atoms with van der Waals surface area (Å²) in [7, 11) is 0. The first-order valence-corrected chi connectivity index (χ1v) is 7.46. The molecule has 3 N–H and O–H groups in total. The van der Waals surface area contributed by atoms with E-state index in [4.69, 9.17) is 0 Å². The van der Waals surface area contributed by atoms with Gasteiger partial charge in [-0.1, -0.05) is 0 Å². The Kier molecular flexibility index (Phi) is 6.95. The highest BCUT2D eigenvalue weighted by molar-refractivity contribution is 5.95. The molecule has 0 bridgehead atoms. The molecule has 0 aliphatic carbocycles. The van der Waals surface area contributed by atoms with Crippen molar-refractivity contribution in [2.24, 2.45) is 0 Å². The molecule has 0 spiro atoms. The molecule has 116 valence electrons. The maximum absolute atomic E-state index is 11.9. The van der Waals surface area contributed by atoms with Gasteiger partial charge in [0.1, 0.15) is 0 Å². The van der Waals surface area contributed by atoms with E-state index in [-0.39, 0.29) is 24.5 Å². The molecule has 0 radical (unpaired) electrons. The van der Waals surface area contributed by atoms with Crippen LogP contribution >= 0.6 is 0 Å². The Labute approximate surface area is 121 Å². The predicted octanol–water partition coefficient (Wildman–Crippen LogP) is 0.683. The molecule has 3 amide bonds. The van der Waals surface area contributed by atoms with Crippen LogP contribution in [0.2, 0.25) is 0 Å². The molecule has 1 aliphatic rings. The lowest BCUT2D eigenvalue weighted by Crippen LogP contribution is -2.49. The van der Waals surface area contributed by atoms with Crippen LogP contribution in [-0.2, 0) is 4.79 Å². The van der Waals surface area contributed by atoms with Crippen molar-refractivity contribution >= 4 is 11.9 Å². The highest BCUT2D eigenvalue weighted by Gasteiger charge is 2.22. The van der Waals surface area contributed by atoms with Crippen molar-refractivity contribution in [3.8, 4) is 0 Å². The van der Waals surface area contributed by atoms with Crippen LogP contribution in [0.3, 0.4) is 0 Å². The van der Waals surface area contributed by atoms with Crippen LogP contribution in [0.1, 0.15) is 40.5 Å². The van der Waals surface area contributed by atoms with E-state index >= 15 is 0 Å². The quantitative estimate of drug-likeness (QED) is 0.671. The Bertz CT molecular complexity index is 325. The minimum atomic E-state index is -0.423. The number of urea groups is 1. The maximum atomic E-state index is 11.9. The largest absolute Gasteiger partial charge is 0.336 e. The molecule has 0 aromatic carbocycles. The second kappa shape index (κ2) is 8.21. The van der Waals surface area contributed by atoms with Gasteiger partial charge < -0.3 is 10.6 Å². The second-order valence-electron chi connectivity index (χ2n) is 5.99. The Morgan fingerprint density at radius 2 is 2.00 bits per heavy atom. The van der Waals surface area contributed by atoms with Crippen molar-refractivity contribution in [2.75, 3.05) is 19.6 Å². The number of imide groups is 1. The Morgan fingerprint density at radius 1 is 1.30 bits per heavy atom. The van der Waals surface area contributed by atoms with Crippen LogP contribution < -0.4 is 16.0 Å². The SMILES string of the molecule is CC(C)NC(=O)NC(=O)CN(CC1CCCN1)C(C)C. The fourth-order valence-electron chi connectivity index (χ4n) is 2.30. The number of hydrogen-bond donors (Lipinski definition) is 3. The van der Waals surface area contributed by atoms with Crippen molar-refractivity contribution in [1.82, 2.24) is 20.9 Å². The summed E-state index contributed by atoms with van der Waals surface area (Å²) >= 11 is 0. The lowest BCUT2D eigenvalue weighted by Gasteiger charge is -2.28. The summed E-state index contributed by atoms with van der Waals surface area (Å²) in [5.74, 6) is -0.255. The van der Waals surface area contributed by atoms with Crippen molar-refractivity contribution in [1.29, 1.82) is 0 Å². The number of nitrogens with zero attached hydrogens (tertiary/aromatic N) is 1. The van der Waals surface area contributed by atoms with Crippen LogP contribution in [0.15, 0.2) is 0 Å². The Hall–Kier alpha value is -1.14. The van der Waals surface area contributed by atoms with Gasteiger partial charge in [0.05, 0.1) is 6.54 Å². The van der Waals surface area contributed by atoms with E-state index in [9.17, 15) is 9.59 Å². The lowest BCUT2D eigenvalue weighted by atomic mass is 10.2. The molecule has 0 saturated carbocycles. The van der Waals surface area contributed by atoms with Crippen molar-refractivity contribution in [3.05, 3.63) is 0 Å². The van der Waals surface area contributed by atoms with Gasteiger partial charge >= 0.3 is 6.03 Å². The van der Waals surface area contributed by atoms with Gasteiger partial charge in [-0.2, -0.15) is 0 Å². The van der Waals surface area contributed by atoms with E-state index in [2.05, 4.69) is 34.7 Å². The molecular weight excluding hydrogens is 256 g/mol. The van der Waals surface area contributed by atoms with Gasteiger partial charge in [-0.25, -0.2) is 4.79 Å². The molecule has 6 heteroatoms. The molecule has 1 fully saturated rings. The number of nitrogens with one attached hydrogen (secondary N) is 3. The smallest absolute Gasteiger partial charge is 0.321 e. The first-order chi connectivity index (χ1) is 9.38. The van der Waals surface area contributed by atoms with E-state index in [1.807, 2.05) is 13.8 Å². The van der Waals surface area contributed by atoms with Gasteiger partial charge in [-0.05, 0) is 47.1 Å². The molecule has 1 heterocycles. The summed E-state index contributed by atoms with van der Waals surface area (Å²) in [6.45, 7) is 10.00. The van der Waals surface area contributed by atoms with Gasteiger partial charge in [0.2, 0.25) is 5.91 Å². The number of rotatable bonds is 6. The van der Waals surface area contributed by atoms with E-state index in [0.29, 0.717) is 6.04 Å². The molecule has 0 aromatic rings. The monoisotopic (exact) mass is 284 g/mol. The lowest BCUT2D eigenvalue weighted by molar-refractivity contribution is -0.121. The molecule has 1 atom stereocenters. The minimum absolute atomic E-state index is 0.0201. The third-order valence-corrected chi connectivity index (χ3v) is 3.37. The van der Waals surface area contributed by atoms with Crippen LogP contribution in [0.4, 0.5) is 4.79 Å². The third kappa shape index (κ3) is 6.34. The zero-order valence-corrected chi connectivity index (χ0v) is 13.0. The van der Waals surface area contributed by atoms with Crippen molar-refractivity contribution < 1.29 is 9.59 Å². The van der Waals surface area contributed by atoms with Crippen LogP contribution in [0, 0.1) is 0 Å². The van der Waals surface area contributed by atoms with Gasteiger partial charge in [0.25, 0.3) is 0 Å². The fourth-order valence-corrected chi connectivity index (χ4v) is 2.30. The van der Waals surface area contributed by atoms with Gasteiger partial charge in [0.15, 0.2) is 0 Å². The molecule has 1 aliphatic heterocycles. The van der Waals surface area contributed by atoms with Crippen molar-refractivity contribution in [3.63, 3.8) is 0 Å². The van der Waals surface area contributed by atoms with E-state index in [0.717, 1.165) is 19.5 Å². The molecule has 6 nitrogen and oxygen atoms in total. The zero-order chi connectivity index (χ0) is 15.1. The van der Waals surface area contributed by atoms with Gasteiger partial charge in [-0.15, -0.1) is 0 Å². The van der Waals surface area contributed by atoms with Crippen LogP contribution in [0.5, 0.6) is 0 Å². The normalized spacial score (nSPS) is 18.9. The first-order valence-electron chi connectivity index (χ1n) is 7.46. The topological polar surface area (TPSA) is 73.5 Å². The summed E-state index contributed by atoms with van der Waals surface area (Å²) in [6.07, 6.45) is 2.35. The Balaban J connectivity index is 2.40. The molecule has 1 unspecified atom stereocenters. The van der Waals surface area contributed by atoms with E-state index < -0.39 is 6.03 Å². The highest BCUT2D eigenvalue weighted by Crippen LogP contribution is 2.09. The van der Waals surface area contributed by atoms with Gasteiger partial charge in [-0.3, -0.25) is 15.0 Å². The van der Waals surface area contributed by atoms with E-state index in [1.165, 1.54) is 6.42 Å². The second-order valence-corrected chi connectivity index (χ2v) is 5.99. The summed E-state index contributed by atoms with van der Waals surface area (Å²) in [5.41, 5.74) is 0. The summed E-state index contributed by atoms with van der Waals surface area (Å²) < 4.78 is 0. The Morgan fingerprint density at radius 3 is 2.50 bits per heavy atom. The zero-order valence-electron chi connectivity index (χ0n) is 13.0. The molecule has 20 heavy (non-hydrogen) atoms. The molecule has 1 saturated heterocycles. The number of amides is 3. The molecule has 1 rings (SSSR count). The average molecular weight is 284 g/mol. The third-order valence-electron chi connectivity index (χ3n) is 3.37. The minimum Gasteiger partial charge on any atom is -0.336 e. The summed E-state index contributed by atoms with van der Waals surface area (Å²) in [5, 5.41) is 8.45. The summed E-state index contributed by atoms with van der Waals surface area (Å²) in [4.78, 5) is 25.5. The fraction of sp³-hybridized carbons (Fsp3) is 0.857. The highest BCUT2D eigenvalue weighted by atomic mass is 16.2.